The summed E-state index contributed by atoms with van der Waals surface area (Å²) >= 11 is 0. The minimum atomic E-state index is -1.13. The van der Waals surface area contributed by atoms with Gasteiger partial charge in [-0.05, 0) is 24.3 Å². The number of nitrogens with zero attached hydrogens (tertiary/aromatic N) is 2. The largest absolute Gasteiger partial charge is 0.487 e. The molecule has 0 amide bonds. The third-order valence-electron chi connectivity index (χ3n) is 2.53. The Kier molecular flexibility index (Phi) is 3.91. The summed E-state index contributed by atoms with van der Waals surface area (Å²) in [6.07, 6.45) is 1.25. The molecule has 1 N–H and O–H groups in total. The lowest BCUT2D eigenvalue weighted by Gasteiger charge is -2.07. The fourth-order valence-corrected chi connectivity index (χ4v) is 1.49. The summed E-state index contributed by atoms with van der Waals surface area (Å²) in [6.45, 7) is -0.0361. The first-order valence-corrected chi connectivity index (χ1v) is 5.61. The molecule has 6 heteroatoms. The number of carboxylic acid groups (broad SMARTS) is 1. The number of carbonyl (C=O) groups is 1. The number of ether oxygens (including phenoxy) is 1. The molecule has 0 aliphatic rings. The van der Waals surface area contributed by atoms with Gasteiger partial charge in [-0.2, -0.15) is 5.26 Å². The van der Waals surface area contributed by atoms with E-state index in [-0.39, 0.29) is 17.9 Å². The van der Waals surface area contributed by atoms with E-state index in [0.717, 1.165) is 6.07 Å². The van der Waals surface area contributed by atoms with E-state index in [2.05, 4.69) is 4.98 Å². The number of halogens is 1. The topological polar surface area (TPSA) is 83.2 Å². The highest BCUT2D eigenvalue weighted by molar-refractivity contribution is 5.85. The maximum atomic E-state index is 13.6. The third kappa shape index (κ3) is 3.09. The lowest BCUT2D eigenvalue weighted by Crippen LogP contribution is -2.02. The van der Waals surface area contributed by atoms with Crippen molar-refractivity contribution in [2.45, 2.75) is 6.61 Å². The van der Waals surface area contributed by atoms with E-state index in [9.17, 15) is 9.18 Å². The number of benzene rings is 1. The van der Waals surface area contributed by atoms with Gasteiger partial charge in [0.1, 0.15) is 23.9 Å². The van der Waals surface area contributed by atoms with Crippen molar-refractivity contribution in [2.24, 2.45) is 0 Å². The maximum absolute atomic E-state index is 13.6. The molecule has 0 saturated carbocycles. The minimum absolute atomic E-state index is 0.0361. The number of rotatable bonds is 4. The summed E-state index contributed by atoms with van der Waals surface area (Å²) in [7, 11) is 0. The van der Waals surface area contributed by atoms with Crippen molar-refractivity contribution >= 4 is 5.97 Å². The van der Waals surface area contributed by atoms with E-state index in [1.54, 1.807) is 0 Å². The van der Waals surface area contributed by atoms with Crippen LogP contribution in [0, 0.1) is 17.1 Å². The number of pyridine rings is 1. The number of aromatic nitrogens is 1. The van der Waals surface area contributed by atoms with Gasteiger partial charge in [0.15, 0.2) is 0 Å². The Morgan fingerprint density at radius 3 is 2.75 bits per heavy atom. The maximum Gasteiger partial charge on any atom is 0.354 e. The van der Waals surface area contributed by atoms with E-state index < -0.39 is 11.8 Å². The van der Waals surface area contributed by atoms with Gasteiger partial charge in [-0.3, -0.25) is 0 Å². The molecule has 2 aromatic rings. The molecule has 1 heterocycles. The first-order valence-electron chi connectivity index (χ1n) is 5.61. The van der Waals surface area contributed by atoms with Gasteiger partial charge in [0.25, 0.3) is 0 Å². The third-order valence-corrected chi connectivity index (χ3v) is 2.53. The van der Waals surface area contributed by atoms with Gasteiger partial charge < -0.3 is 9.84 Å². The van der Waals surface area contributed by atoms with Crippen LogP contribution in [0.4, 0.5) is 4.39 Å². The Labute approximate surface area is 113 Å². The van der Waals surface area contributed by atoms with Crippen LogP contribution in [0.1, 0.15) is 21.6 Å². The van der Waals surface area contributed by atoms with Crippen LogP contribution in [0.3, 0.4) is 0 Å². The average Bonchev–Trinajstić information content (AvgIpc) is 2.46. The molecule has 0 aliphatic carbocycles. The van der Waals surface area contributed by atoms with Crippen molar-refractivity contribution in [3.05, 3.63) is 59.2 Å². The molecule has 0 bridgehead atoms. The lowest BCUT2D eigenvalue weighted by molar-refractivity contribution is 0.0690. The fraction of sp³-hybridized carbons (Fsp3) is 0.0714. The molecule has 0 fully saturated rings. The first kappa shape index (κ1) is 13.5. The van der Waals surface area contributed by atoms with Crippen molar-refractivity contribution in [3.63, 3.8) is 0 Å². The number of aromatic carboxylic acids is 1. The summed E-state index contributed by atoms with van der Waals surface area (Å²) < 4.78 is 18.9. The molecule has 5 nitrogen and oxygen atoms in total. The molecule has 0 unspecified atom stereocenters. The highest BCUT2D eigenvalue weighted by Crippen LogP contribution is 2.15. The molecule has 2 rings (SSSR count). The molecule has 20 heavy (non-hydrogen) atoms. The smallest absolute Gasteiger partial charge is 0.354 e. The Morgan fingerprint density at radius 2 is 2.20 bits per heavy atom. The molecule has 1 aromatic heterocycles. The standard InChI is InChI=1S/C14H9FN2O3/c15-12-5-9(6-16)1-2-10(12)8-20-11-3-4-13(14(18)19)17-7-11/h1-5,7H,8H2,(H,18,19). The van der Waals surface area contributed by atoms with Crippen LogP contribution in [-0.4, -0.2) is 16.1 Å². The highest BCUT2D eigenvalue weighted by Gasteiger charge is 2.06. The quantitative estimate of drug-likeness (QED) is 0.923. The zero-order chi connectivity index (χ0) is 14.5. The molecular formula is C14H9FN2O3. The second-order valence-electron chi connectivity index (χ2n) is 3.89. The number of nitriles is 1. The predicted octanol–water partition coefficient (Wildman–Crippen LogP) is 2.37. The summed E-state index contributed by atoms with van der Waals surface area (Å²) in [5.74, 6) is -1.33. The summed E-state index contributed by atoms with van der Waals surface area (Å²) in [4.78, 5) is 14.3. The number of carboxylic acids is 1. The van der Waals surface area contributed by atoms with Crippen LogP contribution in [-0.2, 0) is 6.61 Å². The van der Waals surface area contributed by atoms with Crippen molar-refractivity contribution < 1.29 is 19.0 Å². The Morgan fingerprint density at radius 1 is 1.40 bits per heavy atom. The Bertz CT molecular complexity index is 678. The monoisotopic (exact) mass is 272 g/mol. The van der Waals surface area contributed by atoms with Gasteiger partial charge in [0.2, 0.25) is 0 Å². The van der Waals surface area contributed by atoms with Gasteiger partial charge in [-0.25, -0.2) is 14.2 Å². The highest BCUT2D eigenvalue weighted by atomic mass is 19.1. The average molecular weight is 272 g/mol. The van der Waals surface area contributed by atoms with Gasteiger partial charge in [0.05, 0.1) is 17.8 Å². The molecule has 0 atom stereocenters. The zero-order valence-corrected chi connectivity index (χ0v) is 10.2. The molecular weight excluding hydrogens is 263 g/mol. The van der Waals surface area contributed by atoms with E-state index in [1.807, 2.05) is 6.07 Å². The second kappa shape index (κ2) is 5.80. The van der Waals surface area contributed by atoms with Crippen LogP contribution in [0.2, 0.25) is 0 Å². The first-order chi connectivity index (χ1) is 9.60. The lowest BCUT2D eigenvalue weighted by atomic mass is 10.1. The van der Waals surface area contributed by atoms with E-state index in [4.69, 9.17) is 15.1 Å². The van der Waals surface area contributed by atoms with E-state index >= 15 is 0 Å². The van der Waals surface area contributed by atoms with Crippen molar-refractivity contribution in [1.82, 2.24) is 4.98 Å². The van der Waals surface area contributed by atoms with Crippen molar-refractivity contribution in [2.75, 3.05) is 0 Å². The molecule has 0 saturated heterocycles. The minimum Gasteiger partial charge on any atom is -0.487 e. The molecule has 0 spiro atoms. The molecule has 100 valence electrons. The number of hydrogen-bond donors (Lipinski definition) is 1. The van der Waals surface area contributed by atoms with Crippen molar-refractivity contribution in [3.8, 4) is 11.8 Å². The van der Waals surface area contributed by atoms with Gasteiger partial charge >= 0.3 is 5.97 Å². The van der Waals surface area contributed by atoms with Gasteiger partial charge in [0, 0.05) is 5.56 Å². The van der Waals surface area contributed by atoms with Crippen LogP contribution in [0.25, 0.3) is 0 Å². The van der Waals surface area contributed by atoms with Crippen molar-refractivity contribution in [1.29, 1.82) is 5.26 Å². The molecule has 0 radical (unpaired) electrons. The van der Waals surface area contributed by atoms with E-state index in [1.165, 1.54) is 30.5 Å². The SMILES string of the molecule is N#Cc1ccc(COc2ccc(C(=O)O)nc2)c(F)c1. The zero-order valence-electron chi connectivity index (χ0n) is 10.2. The number of hydrogen-bond acceptors (Lipinski definition) is 4. The summed E-state index contributed by atoms with van der Waals surface area (Å²) in [5.41, 5.74) is 0.437. The van der Waals surface area contributed by atoms with Crippen LogP contribution in [0.5, 0.6) is 5.75 Å². The fourth-order valence-electron chi connectivity index (χ4n) is 1.49. The van der Waals surface area contributed by atoms with Crippen LogP contribution >= 0.6 is 0 Å². The van der Waals surface area contributed by atoms with Crippen LogP contribution < -0.4 is 4.74 Å². The summed E-state index contributed by atoms with van der Waals surface area (Å²) in [6, 6.07) is 8.67. The normalized spacial score (nSPS) is 9.80. The van der Waals surface area contributed by atoms with E-state index in [0.29, 0.717) is 11.3 Å². The molecule has 1 aromatic carbocycles. The Hall–Kier alpha value is -2.94. The second-order valence-corrected chi connectivity index (χ2v) is 3.89. The van der Waals surface area contributed by atoms with Gasteiger partial charge in [-0.1, -0.05) is 6.07 Å². The molecule has 0 aliphatic heterocycles. The van der Waals surface area contributed by atoms with Crippen LogP contribution in [0.15, 0.2) is 36.5 Å². The summed E-state index contributed by atoms with van der Waals surface area (Å²) in [5, 5.41) is 17.3. The van der Waals surface area contributed by atoms with Gasteiger partial charge in [-0.15, -0.1) is 0 Å². The predicted molar refractivity (Wildman–Crippen MR) is 66.6 cm³/mol. The Balaban J connectivity index is 2.05.